The van der Waals surface area contributed by atoms with Crippen LogP contribution in [0.5, 0.6) is 0 Å². The highest BCUT2D eigenvalue weighted by atomic mass is 35.5. The van der Waals surface area contributed by atoms with Crippen LogP contribution < -0.4 is 10.2 Å². The lowest BCUT2D eigenvalue weighted by molar-refractivity contribution is -0.384. The molecule has 1 aliphatic heterocycles. The van der Waals surface area contributed by atoms with Crippen LogP contribution in [0.1, 0.15) is 0 Å². The van der Waals surface area contributed by atoms with Crippen molar-refractivity contribution in [3.63, 3.8) is 0 Å². The van der Waals surface area contributed by atoms with E-state index in [1.54, 1.807) is 29.2 Å². The third-order valence-electron chi connectivity index (χ3n) is 3.57. The number of ether oxygens (including phenoxy) is 1. The second-order valence-electron chi connectivity index (χ2n) is 5.13. The number of rotatable bonds is 4. The Kier molecular flexibility index (Phi) is 4.77. The third-order valence-corrected chi connectivity index (χ3v) is 3.78. The smallest absolute Gasteiger partial charge is 0.311 e. The summed E-state index contributed by atoms with van der Waals surface area (Å²) in [5.74, 6) is 0.0509. The Bertz CT molecular complexity index is 744. The van der Waals surface area contributed by atoms with Crippen LogP contribution in [0, 0.1) is 10.1 Å². The van der Waals surface area contributed by atoms with E-state index < -0.39 is 11.2 Å². The molecule has 0 radical (unpaired) electrons. The molecule has 1 atom stereocenters. The molecule has 1 aromatic heterocycles. The summed E-state index contributed by atoms with van der Waals surface area (Å²) in [6.45, 7) is 0.979. The predicted octanol–water partition coefficient (Wildman–Crippen LogP) is 3.52. The zero-order valence-electron chi connectivity index (χ0n) is 12.5. The van der Waals surface area contributed by atoms with Gasteiger partial charge >= 0.3 is 5.69 Å². The van der Waals surface area contributed by atoms with Crippen LogP contribution in [-0.4, -0.2) is 36.0 Å². The summed E-state index contributed by atoms with van der Waals surface area (Å²) < 4.78 is 18.9. The lowest BCUT2D eigenvalue weighted by Gasteiger charge is -2.32. The van der Waals surface area contributed by atoms with Crippen molar-refractivity contribution in [3.05, 3.63) is 51.7 Å². The van der Waals surface area contributed by atoms with E-state index in [0.717, 1.165) is 0 Å². The van der Waals surface area contributed by atoms with Gasteiger partial charge in [-0.25, -0.2) is 9.37 Å². The molecule has 126 valence electrons. The number of hydrogen-bond donors (Lipinski definition) is 1. The molecule has 0 spiro atoms. The zero-order valence-corrected chi connectivity index (χ0v) is 13.2. The SMILES string of the molecule is O=[N+]([O-])c1ccc(Cl)nc1Nc1ccc(N2CCOCC2F)cc1. The first-order valence-electron chi connectivity index (χ1n) is 7.21. The Morgan fingerprint density at radius 3 is 2.75 bits per heavy atom. The fraction of sp³-hybridized carbons (Fsp3) is 0.267. The molecular formula is C15H14ClFN4O3. The van der Waals surface area contributed by atoms with Gasteiger partial charge in [-0.05, 0) is 30.3 Å². The van der Waals surface area contributed by atoms with E-state index in [9.17, 15) is 14.5 Å². The molecular weight excluding hydrogens is 339 g/mol. The van der Waals surface area contributed by atoms with E-state index in [1.165, 1.54) is 12.1 Å². The Labute approximate surface area is 142 Å². The maximum absolute atomic E-state index is 13.9. The van der Waals surface area contributed by atoms with Crippen molar-refractivity contribution in [2.24, 2.45) is 0 Å². The van der Waals surface area contributed by atoms with Crippen molar-refractivity contribution in [3.8, 4) is 0 Å². The van der Waals surface area contributed by atoms with Gasteiger partial charge in [-0.1, -0.05) is 11.6 Å². The number of anilines is 3. The van der Waals surface area contributed by atoms with E-state index in [1.807, 2.05) is 0 Å². The molecule has 1 unspecified atom stereocenters. The van der Waals surface area contributed by atoms with Crippen molar-refractivity contribution in [1.29, 1.82) is 0 Å². The zero-order chi connectivity index (χ0) is 17.1. The van der Waals surface area contributed by atoms with Crippen LogP contribution in [-0.2, 0) is 4.74 Å². The summed E-state index contributed by atoms with van der Waals surface area (Å²) in [6, 6.07) is 9.50. The van der Waals surface area contributed by atoms with Gasteiger partial charge in [0.25, 0.3) is 0 Å². The number of nitrogens with one attached hydrogen (secondary N) is 1. The minimum absolute atomic E-state index is 0.0403. The second kappa shape index (κ2) is 6.98. The molecule has 9 heteroatoms. The van der Waals surface area contributed by atoms with Gasteiger partial charge in [-0.15, -0.1) is 0 Å². The second-order valence-corrected chi connectivity index (χ2v) is 5.52. The van der Waals surface area contributed by atoms with Crippen molar-refractivity contribution in [1.82, 2.24) is 4.98 Å². The Hall–Kier alpha value is -2.45. The number of nitrogens with zero attached hydrogens (tertiary/aromatic N) is 3. The molecule has 0 aliphatic carbocycles. The van der Waals surface area contributed by atoms with Crippen LogP contribution in [0.25, 0.3) is 0 Å². The maximum atomic E-state index is 13.9. The van der Waals surface area contributed by atoms with E-state index in [-0.39, 0.29) is 23.3 Å². The first-order valence-corrected chi connectivity index (χ1v) is 7.59. The topological polar surface area (TPSA) is 80.5 Å². The molecule has 3 rings (SSSR count). The lowest BCUT2D eigenvalue weighted by Crippen LogP contribution is -2.42. The van der Waals surface area contributed by atoms with Crippen LogP contribution in [0.4, 0.5) is 27.3 Å². The monoisotopic (exact) mass is 352 g/mol. The van der Waals surface area contributed by atoms with Crippen LogP contribution in [0.15, 0.2) is 36.4 Å². The lowest BCUT2D eigenvalue weighted by atomic mass is 10.2. The van der Waals surface area contributed by atoms with Crippen LogP contribution in [0.2, 0.25) is 5.15 Å². The summed E-state index contributed by atoms with van der Waals surface area (Å²) in [7, 11) is 0. The number of pyridine rings is 1. The quantitative estimate of drug-likeness (QED) is 0.392. The number of hydrogen-bond acceptors (Lipinski definition) is 6. The highest BCUT2D eigenvalue weighted by Crippen LogP contribution is 2.29. The van der Waals surface area contributed by atoms with Gasteiger partial charge in [0.1, 0.15) is 5.15 Å². The third kappa shape index (κ3) is 3.55. The molecule has 0 saturated carbocycles. The van der Waals surface area contributed by atoms with Gasteiger partial charge in [0.05, 0.1) is 18.1 Å². The summed E-state index contributed by atoms with van der Waals surface area (Å²) in [4.78, 5) is 16.0. The van der Waals surface area contributed by atoms with Crippen LogP contribution >= 0.6 is 11.6 Å². The highest BCUT2D eigenvalue weighted by molar-refractivity contribution is 6.29. The van der Waals surface area contributed by atoms with E-state index in [4.69, 9.17) is 16.3 Å². The van der Waals surface area contributed by atoms with Gasteiger partial charge in [0.2, 0.25) is 5.82 Å². The number of aromatic nitrogens is 1. The molecule has 1 aromatic carbocycles. The van der Waals surface area contributed by atoms with Gasteiger partial charge in [-0.2, -0.15) is 0 Å². The van der Waals surface area contributed by atoms with Gasteiger partial charge in [-0.3, -0.25) is 10.1 Å². The molecule has 7 nitrogen and oxygen atoms in total. The molecule has 0 amide bonds. The standard InChI is InChI=1S/C15H14ClFN4O3/c16-13-6-5-12(21(22)23)15(19-13)18-10-1-3-11(4-2-10)20-7-8-24-9-14(20)17/h1-6,14H,7-9H2,(H,18,19). The molecule has 1 fully saturated rings. The van der Waals surface area contributed by atoms with Crippen molar-refractivity contribution < 1.29 is 14.1 Å². The molecule has 2 heterocycles. The largest absolute Gasteiger partial charge is 0.375 e. The fourth-order valence-corrected chi connectivity index (χ4v) is 2.55. The number of morpholine rings is 1. The fourth-order valence-electron chi connectivity index (χ4n) is 2.40. The highest BCUT2D eigenvalue weighted by Gasteiger charge is 2.22. The minimum Gasteiger partial charge on any atom is -0.375 e. The number of alkyl halides is 1. The molecule has 1 N–H and O–H groups in total. The van der Waals surface area contributed by atoms with Gasteiger partial charge in [0, 0.05) is 24.0 Å². The Morgan fingerprint density at radius 2 is 2.08 bits per heavy atom. The first kappa shape index (κ1) is 16.4. The molecule has 0 bridgehead atoms. The van der Waals surface area contributed by atoms with Crippen molar-refractivity contribution in [2.75, 3.05) is 30.0 Å². The van der Waals surface area contributed by atoms with Gasteiger partial charge < -0.3 is 15.0 Å². The number of benzene rings is 1. The van der Waals surface area contributed by atoms with Crippen LogP contribution in [0.3, 0.4) is 0 Å². The molecule has 2 aromatic rings. The van der Waals surface area contributed by atoms with E-state index >= 15 is 0 Å². The maximum Gasteiger partial charge on any atom is 0.311 e. The first-order chi connectivity index (χ1) is 11.5. The minimum atomic E-state index is -1.19. The summed E-state index contributed by atoms with van der Waals surface area (Å²) >= 11 is 5.80. The summed E-state index contributed by atoms with van der Waals surface area (Å²) in [5.41, 5.74) is 1.12. The average Bonchev–Trinajstić information content (AvgIpc) is 2.56. The van der Waals surface area contributed by atoms with Crippen molar-refractivity contribution >= 4 is 34.5 Å². The number of halogens is 2. The Balaban J connectivity index is 1.80. The van der Waals surface area contributed by atoms with Crippen molar-refractivity contribution in [2.45, 2.75) is 6.30 Å². The summed E-state index contributed by atoms with van der Waals surface area (Å²) in [5, 5.41) is 14.1. The Morgan fingerprint density at radius 1 is 1.33 bits per heavy atom. The summed E-state index contributed by atoms with van der Waals surface area (Å²) in [6.07, 6.45) is -1.19. The van der Waals surface area contributed by atoms with E-state index in [0.29, 0.717) is 24.5 Å². The van der Waals surface area contributed by atoms with Gasteiger partial charge in [0.15, 0.2) is 6.30 Å². The number of nitro groups is 1. The van der Waals surface area contributed by atoms with E-state index in [2.05, 4.69) is 10.3 Å². The predicted molar refractivity (Wildman–Crippen MR) is 88.7 cm³/mol. The molecule has 24 heavy (non-hydrogen) atoms. The molecule has 1 aliphatic rings. The normalized spacial score (nSPS) is 17.6. The molecule has 1 saturated heterocycles. The average molecular weight is 353 g/mol.